The van der Waals surface area contributed by atoms with Crippen molar-refractivity contribution in [2.75, 3.05) is 13.1 Å². The number of nitrogens with one attached hydrogen (secondary N) is 2. The molecule has 5 nitrogen and oxygen atoms in total. The second-order valence-corrected chi connectivity index (χ2v) is 7.86. The third-order valence-electron chi connectivity index (χ3n) is 5.49. The molecule has 0 bridgehead atoms. The fourth-order valence-electron chi connectivity index (χ4n) is 3.94. The van der Waals surface area contributed by atoms with Gasteiger partial charge in [-0.05, 0) is 43.0 Å². The van der Waals surface area contributed by atoms with E-state index in [-0.39, 0.29) is 11.8 Å². The summed E-state index contributed by atoms with van der Waals surface area (Å²) < 4.78 is 0. The summed E-state index contributed by atoms with van der Waals surface area (Å²) in [6.45, 7) is 1.48. The zero-order chi connectivity index (χ0) is 20.2. The number of amides is 2. The number of H-pyrrole nitrogens is 1. The van der Waals surface area contributed by atoms with Gasteiger partial charge < -0.3 is 15.2 Å². The van der Waals surface area contributed by atoms with Gasteiger partial charge in [-0.15, -0.1) is 0 Å². The number of benzene rings is 2. The van der Waals surface area contributed by atoms with Crippen molar-refractivity contribution >= 4 is 34.3 Å². The van der Waals surface area contributed by atoms with Crippen LogP contribution in [0, 0.1) is 0 Å². The van der Waals surface area contributed by atoms with Crippen LogP contribution in [0.5, 0.6) is 0 Å². The zero-order valence-electron chi connectivity index (χ0n) is 16.2. The highest BCUT2D eigenvalue weighted by molar-refractivity contribution is 6.33. The van der Waals surface area contributed by atoms with Gasteiger partial charge in [-0.3, -0.25) is 9.59 Å². The van der Waals surface area contributed by atoms with Gasteiger partial charge in [0, 0.05) is 36.6 Å². The van der Waals surface area contributed by atoms with E-state index in [1.807, 2.05) is 35.4 Å². The Labute approximate surface area is 175 Å². The summed E-state index contributed by atoms with van der Waals surface area (Å²) in [5.41, 5.74) is 2.41. The Morgan fingerprint density at radius 2 is 1.76 bits per heavy atom. The maximum Gasteiger partial charge on any atom is 0.253 e. The van der Waals surface area contributed by atoms with E-state index < -0.39 is 6.04 Å². The molecule has 6 heteroatoms. The molecule has 150 valence electrons. The Bertz CT molecular complexity index is 1020. The number of nitrogens with zero attached hydrogens (tertiary/aromatic N) is 1. The minimum Gasteiger partial charge on any atom is -0.361 e. The van der Waals surface area contributed by atoms with Gasteiger partial charge in [-0.2, -0.15) is 0 Å². The molecule has 1 aliphatic rings. The van der Waals surface area contributed by atoms with Crippen molar-refractivity contribution in [3.05, 3.63) is 70.9 Å². The molecule has 4 rings (SSSR count). The number of hydrogen-bond donors (Lipinski definition) is 2. The van der Waals surface area contributed by atoms with Gasteiger partial charge in [-0.25, -0.2) is 0 Å². The van der Waals surface area contributed by atoms with Crippen LogP contribution in [0.25, 0.3) is 10.9 Å². The molecule has 1 unspecified atom stereocenters. The van der Waals surface area contributed by atoms with E-state index in [0.717, 1.165) is 48.8 Å². The Kier molecular flexibility index (Phi) is 5.86. The van der Waals surface area contributed by atoms with Gasteiger partial charge in [0.2, 0.25) is 5.91 Å². The van der Waals surface area contributed by atoms with Crippen LogP contribution in [0.2, 0.25) is 5.02 Å². The molecule has 2 aromatic carbocycles. The normalized spacial score (nSPS) is 15.3. The molecule has 29 heavy (non-hydrogen) atoms. The smallest absolute Gasteiger partial charge is 0.253 e. The first-order valence-electron chi connectivity index (χ1n) is 10.0. The quantitative estimate of drug-likeness (QED) is 0.664. The highest BCUT2D eigenvalue weighted by Crippen LogP contribution is 2.21. The summed E-state index contributed by atoms with van der Waals surface area (Å²) in [5.74, 6) is -0.360. The molecule has 2 amide bonds. The number of para-hydroxylation sites is 1. The molecular formula is C23H24ClN3O2. The first kappa shape index (κ1) is 19.5. The van der Waals surface area contributed by atoms with Crippen molar-refractivity contribution in [3.8, 4) is 0 Å². The highest BCUT2D eigenvalue weighted by Gasteiger charge is 2.28. The molecule has 1 aliphatic heterocycles. The van der Waals surface area contributed by atoms with Gasteiger partial charge in [-0.1, -0.05) is 41.9 Å². The minimum absolute atomic E-state index is 0.0321. The number of fused-ring (bicyclic) bond motifs is 1. The standard InChI is InChI=1S/C23H24ClN3O2/c24-19-10-4-2-9-18(19)22(28)26-21(23(29)27-12-6-1-7-13-27)14-16-15-25-20-11-5-3-8-17(16)20/h2-5,8-11,15,21,25H,1,6-7,12-14H2,(H,26,28). The first-order valence-corrected chi connectivity index (χ1v) is 10.4. The van der Waals surface area contributed by atoms with Gasteiger partial charge in [0.25, 0.3) is 5.91 Å². The number of aromatic amines is 1. The lowest BCUT2D eigenvalue weighted by Gasteiger charge is -2.31. The summed E-state index contributed by atoms with van der Waals surface area (Å²) in [6, 6.07) is 14.2. The fourth-order valence-corrected chi connectivity index (χ4v) is 4.16. The molecule has 1 fully saturated rings. The number of hydrogen-bond acceptors (Lipinski definition) is 2. The molecule has 0 aliphatic carbocycles. The highest BCUT2D eigenvalue weighted by atomic mass is 35.5. The molecule has 3 aromatic rings. The largest absolute Gasteiger partial charge is 0.361 e. The number of aromatic nitrogens is 1. The summed E-state index contributed by atoms with van der Waals surface area (Å²) in [6.07, 6.45) is 5.50. The van der Waals surface area contributed by atoms with Crippen molar-refractivity contribution in [1.82, 2.24) is 15.2 Å². The van der Waals surface area contributed by atoms with Gasteiger partial charge >= 0.3 is 0 Å². The minimum atomic E-state index is -0.643. The Hall–Kier alpha value is -2.79. The molecule has 1 aromatic heterocycles. The van der Waals surface area contributed by atoms with Crippen molar-refractivity contribution in [1.29, 1.82) is 0 Å². The Balaban J connectivity index is 1.60. The van der Waals surface area contributed by atoms with Crippen LogP contribution >= 0.6 is 11.6 Å². The van der Waals surface area contributed by atoms with Crippen LogP contribution in [0.4, 0.5) is 0 Å². The molecule has 0 radical (unpaired) electrons. The van der Waals surface area contributed by atoms with Crippen LogP contribution in [-0.4, -0.2) is 40.8 Å². The van der Waals surface area contributed by atoms with Crippen LogP contribution in [0.1, 0.15) is 35.2 Å². The van der Waals surface area contributed by atoms with Crippen LogP contribution in [0.15, 0.2) is 54.7 Å². The van der Waals surface area contributed by atoms with Crippen LogP contribution < -0.4 is 5.32 Å². The third-order valence-corrected chi connectivity index (χ3v) is 5.82. The van der Waals surface area contributed by atoms with E-state index in [2.05, 4.69) is 10.3 Å². The average Bonchev–Trinajstić information content (AvgIpc) is 3.16. The summed E-state index contributed by atoms with van der Waals surface area (Å²) in [5, 5.41) is 4.39. The number of halogens is 1. The maximum atomic E-state index is 13.3. The number of likely N-dealkylation sites (tertiary alicyclic amines) is 1. The molecule has 1 saturated heterocycles. The summed E-state index contributed by atoms with van der Waals surface area (Å²) >= 11 is 6.19. The van der Waals surface area contributed by atoms with E-state index >= 15 is 0 Å². The lowest BCUT2D eigenvalue weighted by atomic mass is 10.0. The van der Waals surface area contributed by atoms with E-state index in [0.29, 0.717) is 17.0 Å². The summed E-state index contributed by atoms with van der Waals surface area (Å²) in [7, 11) is 0. The molecular weight excluding hydrogens is 386 g/mol. The predicted octanol–water partition coefficient (Wildman–Crippen LogP) is 4.17. The van der Waals surface area contributed by atoms with Crippen molar-refractivity contribution < 1.29 is 9.59 Å². The lowest BCUT2D eigenvalue weighted by Crippen LogP contribution is -2.51. The molecule has 2 N–H and O–H groups in total. The Morgan fingerprint density at radius 1 is 1.03 bits per heavy atom. The average molecular weight is 410 g/mol. The topological polar surface area (TPSA) is 65.2 Å². The van der Waals surface area contributed by atoms with E-state index in [1.165, 1.54) is 0 Å². The number of carbonyl (C=O) groups excluding carboxylic acids is 2. The van der Waals surface area contributed by atoms with Gasteiger partial charge in [0.15, 0.2) is 0 Å². The predicted molar refractivity (Wildman–Crippen MR) is 115 cm³/mol. The summed E-state index contributed by atoms with van der Waals surface area (Å²) in [4.78, 5) is 31.3. The zero-order valence-corrected chi connectivity index (χ0v) is 16.9. The molecule has 2 heterocycles. The van der Waals surface area contributed by atoms with Crippen molar-refractivity contribution in [3.63, 3.8) is 0 Å². The number of carbonyl (C=O) groups is 2. The number of rotatable bonds is 5. The Morgan fingerprint density at radius 3 is 2.55 bits per heavy atom. The number of piperidine rings is 1. The van der Waals surface area contributed by atoms with E-state index in [9.17, 15) is 9.59 Å². The molecule has 0 saturated carbocycles. The van der Waals surface area contributed by atoms with Crippen LogP contribution in [0.3, 0.4) is 0 Å². The van der Waals surface area contributed by atoms with Crippen LogP contribution in [-0.2, 0) is 11.2 Å². The SMILES string of the molecule is O=C(NC(Cc1c[nH]c2ccccc12)C(=O)N1CCCCC1)c1ccccc1Cl. The van der Waals surface area contributed by atoms with Crippen molar-refractivity contribution in [2.45, 2.75) is 31.7 Å². The third kappa shape index (κ3) is 4.30. The maximum absolute atomic E-state index is 13.3. The molecule has 1 atom stereocenters. The van der Waals surface area contributed by atoms with Gasteiger partial charge in [0.1, 0.15) is 6.04 Å². The monoisotopic (exact) mass is 409 g/mol. The lowest BCUT2D eigenvalue weighted by molar-refractivity contribution is -0.134. The van der Waals surface area contributed by atoms with E-state index in [4.69, 9.17) is 11.6 Å². The second-order valence-electron chi connectivity index (χ2n) is 7.46. The first-order chi connectivity index (χ1) is 14.1. The van der Waals surface area contributed by atoms with Gasteiger partial charge in [0.05, 0.1) is 10.6 Å². The fraction of sp³-hybridized carbons (Fsp3) is 0.304. The van der Waals surface area contributed by atoms with E-state index in [1.54, 1.807) is 24.3 Å². The van der Waals surface area contributed by atoms with Crippen molar-refractivity contribution in [2.24, 2.45) is 0 Å². The second kappa shape index (κ2) is 8.70. The molecule has 0 spiro atoms.